The normalized spacial score (nSPS) is 38.1. The highest BCUT2D eigenvalue weighted by Gasteiger charge is 2.53. The molecule has 2 saturated carbocycles. The zero-order chi connectivity index (χ0) is 17.5. The van der Waals surface area contributed by atoms with Gasteiger partial charge in [-0.2, -0.15) is 0 Å². The maximum atomic E-state index is 12.3. The summed E-state index contributed by atoms with van der Waals surface area (Å²) < 4.78 is 29.2. The molecule has 5 nitrogen and oxygen atoms in total. The van der Waals surface area contributed by atoms with Crippen LogP contribution in [0.1, 0.15) is 52.4 Å². The molecule has 144 valence electrons. The molecule has 0 aromatic heterocycles. The molecule has 3 atom stereocenters. The van der Waals surface area contributed by atoms with E-state index in [0.717, 1.165) is 68.8 Å². The van der Waals surface area contributed by atoms with Crippen LogP contribution < -0.4 is 5.32 Å². The number of ether oxygens (including phenoxy) is 2. The summed E-state index contributed by atoms with van der Waals surface area (Å²) in [4.78, 5) is 0. The molecule has 2 aliphatic heterocycles. The molecule has 2 heterocycles. The zero-order valence-electron chi connectivity index (χ0n) is 15.8. The third kappa shape index (κ3) is 4.07. The molecule has 0 bridgehead atoms. The SMILES string of the molecule is CC1(C)COC2(C[C@H]3CC(NCCN=S4(=O)CCCC4)C[C@H]3C2)OC1. The number of nitrogens with zero attached hydrogens (tertiary/aromatic N) is 1. The fourth-order valence-electron chi connectivity index (χ4n) is 5.10. The fraction of sp³-hybridized carbons (Fsp3) is 1.00. The molecule has 0 aromatic carbocycles. The van der Waals surface area contributed by atoms with Gasteiger partial charge < -0.3 is 14.8 Å². The molecule has 0 amide bonds. The molecule has 4 fully saturated rings. The lowest BCUT2D eigenvalue weighted by molar-refractivity contribution is -0.297. The summed E-state index contributed by atoms with van der Waals surface area (Å²) in [6.45, 7) is 7.62. The molecule has 2 aliphatic carbocycles. The fourth-order valence-corrected chi connectivity index (χ4v) is 7.30. The Bertz CT molecular complexity index is 574. The molecular formula is C19H34N2O3S. The lowest BCUT2D eigenvalue weighted by atomic mass is 9.94. The van der Waals surface area contributed by atoms with Gasteiger partial charge in [0.1, 0.15) is 0 Å². The summed E-state index contributed by atoms with van der Waals surface area (Å²) in [5.41, 5.74) is 0.150. The Morgan fingerprint density at radius 3 is 2.28 bits per heavy atom. The largest absolute Gasteiger partial charge is 0.349 e. The van der Waals surface area contributed by atoms with Crippen LogP contribution in [-0.4, -0.2) is 53.8 Å². The van der Waals surface area contributed by atoms with Gasteiger partial charge in [0, 0.05) is 52.1 Å². The lowest BCUT2D eigenvalue weighted by Crippen LogP contribution is -2.46. The summed E-state index contributed by atoms with van der Waals surface area (Å²) >= 11 is 0. The molecule has 2 saturated heterocycles. The van der Waals surface area contributed by atoms with Gasteiger partial charge in [0.2, 0.25) is 0 Å². The number of fused-ring (bicyclic) bond motifs is 1. The minimum Gasteiger partial charge on any atom is -0.349 e. The van der Waals surface area contributed by atoms with Crippen molar-refractivity contribution >= 4 is 9.73 Å². The van der Waals surface area contributed by atoms with Crippen LogP contribution >= 0.6 is 0 Å². The van der Waals surface area contributed by atoms with Gasteiger partial charge in [0.25, 0.3) is 0 Å². The first-order valence-electron chi connectivity index (χ1n) is 10.1. The van der Waals surface area contributed by atoms with Crippen LogP contribution in [0.2, 0.25) is 0 Å². The van der Waals surface area contributed by atoms with Crippen molar-refractivity contribution in [2.24, 2.45) is 21.6 Å². The van der Waals surface area contributed by atoms with Gasteiger partial charge in [-0.3, -0.25) is 0 Å². The molecule has 4 rings (SSSR count). The predicted molar refractivity (Wildman–Crippen MR) is 100 cm³/mol. The van der Waals surface area contributed by atoms with Crippen molar-refractivity contribution in [3.8, 4) is 0 Å². The quantitative estimate of drug-likeness (QED) is 0.773. The summed E-state index contributed by atoms with van der Waals surface area (Å²) in [7, 11) is -1.84. The zero-order valence-corrected chi connectivity index (χ0v) is 16.6. The molecule has 1 spiro atoms. The Balaban J connectivity index is 1.21. The molecule has 25 heavy (non-hydrogen) atoms. The van der Waals surface area contributed by atoms with Crippen LogP contribution in [0.4, 0.5) is 0 Å². The molecule has 0 aromatic rings. The van der Waals surface area contributed by atoms with Gasteiger partial charge in [0.05, 0.1) is 19.8 Å². The average molecular weight is 371 g/mol. The Morgan fingerprint density at radius 2 is 1.68 bits per heavy atom. The van der Waals surface area contributed by atoms with E-state index in [1.165, 1.54) is 12.8 Å². The molecule has 1 unspecified atom stereocenters. The highest BCUT2D eigenvalue weighted by Crippen LogP contribution is 2.52. The molecule has 6 heteroatoms. The van der Waals surface area contributed by atoms with Crippen molar-refractivity contribution in [1.29, 1.82) is 0 Å². The van der Waals surface area contributed by atoms with E-state index >= 15 is 0 Å². The van der Waals surface area contributed by atoms with Gasteiger partial charge in [-0.05, 0) is 37.5 Å². The maximum absolute atomic E-state index is 12.3. The Labute approximate surface area is 152 Å². The Morgan fingerprint density at radius 1 is 1.08 bits per heavy atom. The smallest absolute Gasteiger partial charge is 0.168 e. The summed E-state index contributed by atoms with van der Waals surface area (Å²) in [6, 6.07) is 0.587. The van der Waals surface area contributed by atoms with E-state index in [4.69, 9.17) is 9.47 Å². The van der Waals surface area contributed by atoms with Gasteiger partial charge in [-0.15, -0.1) is 0 Å². The second-order valence-corrected chi connectivity index (χ2v) is 12.1. The highest BCUT2D eigenvalue weighted by molar-refractivity contribution is 7.93. The predicted octanol–water partition coefficient (Wildman–Crippen LogP) is 2.80. The van der Waals surface area contributed by atoms with Crippen LogP contribution in [0.3, 0.4) is 0 Å². The van der Waals surface area contributed by atoms with E-state index < -0.39 is 9.73 Å². The second kappa shape index (κ2) is 6.77. The van der Waals surface area contributed by atoms with Gasteiger partial charge in [0.15, 0.2) is 5.79 Å². The third-order valence-corrected chi connectivity index (χ3v) is 8.99. The molecule has 1 N–H and O–H groups in total. The number of hydrogen-bond donors (Lipinski definition) is 1. The Hall–Kier alpha value is -0.170. The van der Waals surface area contributed by atoms with E-state index in [1.54, 1.807) is 0 Å². The van der Waals surface area contributed by atoms with Crippen molar-refractivity contribution in [1.82, 2.24) is 5.32 Å². The van der Waals surface area contributed by atoms with E-state index in [9.17, 15) is 4.21 Å². The van der Waals surface area contributed by atoms with E-state index in [-0.39, 0.29) is 11.2 Å². The summed E-state index contributed by atoms with van der Waals surface area (Å²) in [6.07, 6.45) is 6.74. The summed E-state index contributed by atoms with van der Waals surface area (Å²) in [5, 5.41) is 3.65. The standard InChI is InChI=1S/C19H34N2O3S/c1-18(2)13-23-19(24-14-18)11-15-9-17(10-16(15)12-19)20-5-6-21-25(22)7-3-4-8-25/h15-17,20H,3-14H2,1-2H3/t15-,16+,17?. The highest BCUT2D eigenvalue weighted by atomic mass is 32.2. The van der Waals surface area contributed by atoms with Gasteiger partial charge in [-0.1, -0.05) is 13.8 Å². The molecule has 4 aliphatic rings. The van der Waals surface area contributed by atoms with E-state index in [1.807, 2.05) is 0 Å². The topological polar surface area (TPSA) is 59.9 Å². The van der Waals surface area contributed by atoms with Crippen molar-refractivity contribution in [3.05, 3.63) is 0 Å². The third-order valence-electron chi connectivity index (χ3n) is 6.49. The van der Waals surface area contributed by atoms with Crippen LogP contribution in [-0.2, 0) is 19.2 Å². The maximum Gasteiger partial charge on any atom is 0.168 e. The first kappa shape index (κ1) is 18.2. The second-order valence-electron chi connectivity index (χ2n) is 9.44. The van der Waals surface area contributed by atoms with E-state index in [0.29, 0.717) is 12.6 Å². The lowest BCUT2D eigenvalue weighted by Gasteiger charge is -2.42. The first-order chi connectivity index (χ1) is 11.9. The molecule has 0 radical (unpaired) electrons. The number of rotatable bonds is 4. The van der Waals surface area contributed by atoms with Crippen LogP contribution in [0.5, 0.6) is 0 Å². The number of hydrogen-bond acceptors (Lipinski definition) is 5. The van der Waals surface area contributed by atoms with Crippen molar-refractivity contribution in [2.75, 3.05) is 37.8 Å². The average Bonchev–Trinajstić information content (AvgIpc) is 3.22. The minimum absolute atomic E-state index is 0.150. The summed E-state index contributed by atoms with van der Waals surface area (Å²) in [5.74, 6) is 2.80. The van der Waals surface area contributed by atoms with Crippen LogP contribution in [0, 0.1) is 17.3 Å². The van der Waals surface area contributed by atoms with Crippen LogP contribution in [0.15, 0.2) is 4.36 Å². The Kier molecular flexibility index (Phi) is 4.93. The minimum atomic E-state index is -1.84. The van der Waals surface area contributed by atoms with Crippen molar-refractivity contribution in [2.45, 2.75) is 64.2 Å². The first-order valence-corrected chi connectivity index (χ1v) is 11.9. The van der Waals surface area contributed by atoms with E-state index in [2.05, 4.69) is 23.5 Å². The van der Waals surface area contributed by atoms with Crippen molar-refractivity contribution < 1.29 is 13.7 Å². The van der Waals surface area contributed by atoms with Gasteiger partial charge in [-0.25, -0.2) is 8.57 Å². The number of nitrogens with one attached hydrogen (secondary N) is 1. The van der Waals surface area contributed by atoms with Gasteiger partial charge >= 0.3 is 0 Å². The molecular weight excluding hydrogens is 336 g/mol. The van der Waals surface area contributed by atoms with Crippen LogP contribution in [0.25, 0.3) is 0 Å². The van der Waals surface area contributed by atoms with Crippen molar-refractivity contribution in [3.63, 3.8) is 0 Å². The monoisotopic (exact) mass is 370 g/mol.